The molecular weight excluding hydrogens is 548 g/mol. The van der Waals surface area contributed by atoms with Gasteiger partial charge in [-0.15, -0.1) is 10.2 Å². The Morgan fingerprint density at radius 3 is 1.77 bits per heavy atom. The molecule has 9 heteroatoms. The highest BCUT2D eigenvalue weighted by Gasteiger charge is 2.17. The van der Waals surface area contributed by atoms with E-state index in [-0.39, 0.29) is 5.41 Å². The standard InChI is InChI=1S/C35H32N8O/c1-35(2,3)25-19-17-24(18-20-25)31-42-41-30(44-31)23-15-13-22(14-16-23)21-37-33-38-32(36-4)39-34(40-33)43-28-11-7-5-9-26(28)27-10-6-8-12-29(27)43/h5-20H,21H2,1-4H3,(H2,36,37,38,39,40). The van der Waals surface area contributed by atoms with Crippen LogP contribution < -0.4 is 10.6 Å². The lowest BCUT2D eigenvalue weighted by Crippen LogP contribution is -2.11. The molecule has 0 aliphatic rings. The predicted octanol–water partition coefficient (Wildman–Crippen LogP) is 7.64. The molecule has 0 bridgehead atoms. The number of fused-ring (bicyclic) bond motifs is 3. The van der Waals surface area contributed by atoms with E-state index < -0.39 is 0 Å². The van der Waals surface area contributed by atoms with Gasteiger partial charge in [-0.1, -0.05) is 81.4 Å². The van der Waals surface area contributed by atoms with Crippen molar-refractivity contribution in [2.75, 3.05) is 17.7 Å². The summed E-state index contributed by atoms with van der Waals surface area (Å²) < 4.78 is 8.09. The molecule has 0 fully saturated rings. The minimum Gasteiger partial charge on any atom is -0.416 e. The van der Waals surface area contributed by atoms with Gasteiger partial charge in [-0.25, -0.2) is 0 Å². The van der Waals surface area contributed by atoms with Gasteiger partial charge < -0.3 is 15.1 Å². The second-order valence-electron chi connectivity index (χ2n) is 11.7. The van der Waals surface area contributed by atoms with Crippen LogP contribution in [-0.4, -0.2) is 36.8 Å². The van der Waals surface area contributed by atoms with Crippen LogP contribution in [0.3, 0.4) is 0 Å². The van der Waals surface area contributed by atoms with Gasteiger partial charge in [0.15, 0.2) is 0 Å². The molecule has 44 heavy (non-hydrogen) atoms. The molecule has 0 saturated heterocycles. The average Bonchev–Trinajstić information content (AvgIpc) is 3.67. The topological polar surface area (TPSA) is 107 Å². The average molecular weight is 581 g/mol. The van der Waals surface area contributed by atoms with Gasteiger partial charge >= 0.3 is 0 Å². The summed E-state index contributed by atoms with van der Waals surface area (Å²) in [5.74, 6) is 2.48. The molecule has 0 spiro atoms. The number of hydrogen-bond acceptors (Lipinski definition) is 8. The Kier molecular flexibility index (Phi) is 6.77. The minimum absolute atomic E-state index is 0.0858. The molecule has 0 unspecified atom stereocenters. The van der Waals surface area contributed by atoms with Gasteiger partial charge in [-0.2, -0.15) is 15.0 Å². The molecule has 0 atom stereocenters. The fourth-order valence-electron chi connectivity index (χ4n) is 5.31. The Morgan fingerprint density at radius 2 is 1.20 bits per heavy atom. The molecule has 0 amide bonds. The van der Waals surface area contributed by atoms with Gasteiger partial charge in [0.05, 0.1) is 11.0 Å². The van der Waals surface area contributed by atoms with E-state index in [0.717, 1.165) is 38.5 Å². The zero-order valence-corrected chi connectivity index (χ0v) is 25.0. The fraction of sp³-hybridized carbons (Fsp3) is 0.171. The Bertz CT molecular complexity index is 2030. The lowest BCUT2D eigenvalue weighted by Gasteiger charge is -2.18. The van der Waals surface area contributed by atoms with Crippen molar-refractivity contribution in [1.82, 2.24) is 29.7 Å². The third-order valence-corrected chi connectivity index (χ3v) is 7.70. The Labute approximate surface area is 255 Å². The normalized spacial score (nSPS) is 11.7. The van der Waals surface area contributed by atoms with Gasteiger partial charge in [-0.05, 0) is 52.9 Å². The van der Waals surface area contributed by atoms with E-state index in [1.165, 1.54) is 5.56 Å². The largest absolute Gasteiger partial charge is 0.416 e. The van der Waals surface area contributed by atoms with Crippen LogP contribution in [0, 0.1) is 0 Å². The van der Waals surface area contributed by atoms with Crippen LogP contribution in [0.5, 0.6) is 0 Å². The number of anilines is 2. The van der Waals surface area contributed by atoms with E-state index in [9.17, 15) is 0 Å². The van der Waals surface area contributed by atoms with E-state index >= 15 is 0 Å². The number of nitrogens with one attached hydrogen (secondary N) is 2. The molecule has 3 aromatic heterocycles. The summed E-state index contributed by atoms with van der Waals surface area (Å²) in [5, 5.41) is 17.3. The fourth-order valence-corrected chi connectivity index (χ4v) is 5.31. The van der Waals surface area contributed by atoms with Gasteiger partial charge in [0, 0.05) is 35.5 Å². The molecule has 218 valence electrons. The summed E-state index contributed by atoms with van der Waals surface area (Å²) in [4.78, 5) is 14.1. The monoisotopic (exact) mass is 580 g/mol. The third-order valence-electron chi connectivity index (χ3n) is 7.70. The first-order valence-corrected chi connectivity index (χ1v) is 14.6. The van der Waals surface area contributed by atoms with Crippen LogP contribution in [0.25, 0.3) is 50.7 Å². The van der Waals surface area contributed by atoms with Crippen LogP contribution in [0.2, 0.25) is 0 Å². The first-order valence-electron chi connectivity index (χ1n) is 14.6. The van der Waals surface area contributed by atoms with Crippen LogP contribution in [-0.2, 0) is 12.0 Å². The molecule has 4 aromatic carbocycles. The van der Waals surface area contributed by atoms with Gasteiger partial charge in [-0.3, -0.25) is 4.57 Å². The molecule has 0 saturated carbocycles. The van der Waals surface area contributed by atoms with Crippen molar-refractivity contribution in [3.8, 4) is 28.9 Å². The highest BCUT2D eigenvalue weighted by Crippen LogP contribution is 2.31. The summed E-state index contributed by atoms with van der Waals surface area (Å²) in [5.41, 5.74) is 6.22. The van der Waals surface area contributed by atoms with Crippen LogP contribution in [0.1, 0.15) is 31.9 Å². The smallest absolute Gasteiger partial charge is 0.248 e. The zero-order valence-electron chi connectivity index (χ0n) is 25.0. The summed E-state index contributed by atoms with van der Waals surface area (Å²) in [7, 11) is 1.80. The maximum atomic E-state index is 6.01. The quantitative estimate of drug-likeness (QED) is 0.198. The van der Waals surface area contributed by atoms with Crippen molar-refractivity contribution in [3.05, 3.63) is 108 Å². The number of aromatic nitrogens is 6. The Balaban J connectivity index is 1.10. The molecule has 0 radical (unpaired) electrons. The number of nitrogens with zero attached hydrogens (tertiary/aromatic N) is 6. The molecule has 3 heterocycles. The molecule has 0 aliphatic carbocycles. The van der Waals surface area contributed by atoms with E-state index in [0.29, 0.717) is 36.2 Å². The van der Waals surface area contributed by atoms with Crippen molar-refractivity contribution >= 4 is 33.7 Å². The summed E-state index contributed by atoms with van der Waals surface area (Å²) in [6.07, 6.45) is 0. The highest BCUT2D eigenvalue weighted by atomic mass is 16.4. The highest BCUT2D eigenvalue weighted by molar-refractivity contribution is 6.08. The number of benzene rings is 4. The van der Waals surface area contributed by atoms with E-state index in [2.05, 4.69) is 87.6 Å². The predicted molar refractivity (Wildman–Crippen MR) is 175 cm³/mol. The van der Waals surface area contributed by atoms with E-state index in [4.69, 9.17) is 14.4 Å². The summed E-state index contributed by atoms with van der Waals surface area (Å²) >= 11 is 0. The number of hydrogen-bond donors (Lipinski definition) is 2. The first-order chi connectivity index (χ1) is 21.4. The summed E-state index contributed by atoms with van der Waals surface area (Å²) in [6, 6.07) is 32.9. The van der Waals surface area contributed by atoms with Crippen molar-refractivity contribution in [3.63, 3.8) is 0 Å². The second-order valence-corrected chi connectivity index (χ2v) is 11.7. The molecule has 9 nitrogen and oxygen atoms in total. The Morgan fingerprint density at radius 1 is 0.659 bits per heavy atom. The van der Waals surface area contributed by atoms with Gasteiger partial charge in [0.1, 0.15) is 0 Å². The van der Waals surface area contributed by atoms with Crippen molar-refractivity contribution in [2.24, 2.45) is 0 Å². The number of para-hydroxylation sites is 2. The number of rotatable bonds is 7. The van der Waals surface area contributed by atoms with E-state index in [1.807, 2.05) is 60.7 Å². The maximum Gasteiger partial charge on any atom is 0.248 e. The second kappa shape index (κ2) is 10.9. The zero-order chi connectivity index (χ0) is 30.3. The van der Waals surface area contributed by atoms with Crippen LogP contribution in [0.4, 0.5) is 11.9 Å². The van der Waals surface area contributed by atoms with Crippen molar-refractivity contribution in [1.29, 1.82) is 0 Å². The van der Waals surface area contributed by atoms with Gasteiger partial charge in [0.2, 0.25) is 29.6 Å². The van der Waals surface area contributed by atoms with E-state index in [1.54, 1.807) is 7.05 Å². The summed E-state index contributed by atoms with van der Waals surface area (Å²) in [6.45, 7) is 7.11. The van der Waals surface area contributed by atoms with Crippen LogP contribution >= 0.6 is 0 Å². The lowest BCUT2D eigenvalue weighted by molar-refractivity contribution is 0.582. The maximum absolute atomic E-state index is 6.01. The minimum atomic E-state index is 0.0858. The van der Waals surface area contributed by atoms with Crippen molar-refractivity contribution in [2.45, 2.75) is 32.7 Å². The third kappa shape index (κ3) is 5.13. The molecule has 0 aliphatic heterocycles. The first kappa shape index (κ1) is 27.3. The molecule has 7 aromatic rings. The lowest BCUT2D eigenvalue weighted by atomic mass is 9.87. The SMILES string of the molecule is CNc1nc(NCc2ccc(-c3nnc(-c4ccc(C(C)(C)C)cc4)o3)cc2)nc(-n2c3ccccc3c3ccccc32)n1. The molecule has 2 N–H and O–H groups in total. The Hall–Kier alpha value is -5.57. The van der Waals surface area contributed by atoms with Crippen LogP contribution in [0.15, 0.2) is 101 Å². The molecular formula is C35H32N8O. The molecule has 7 rings (SSSR count). The van der Waals surface area contributed by atoms with Crippen molar-refractivity contribution < 1.29 is 4.42 Å². The van der Waals surface area contributed by atoms with Gasteiger partial charge in [0.25, 0.3) is 0 Å².